The van der Waals surface area contributed by atoms with E-state index in [1.54, 1.807) is 18.3 Å². The van der Waals surface area contributed by atoms with E-state index in [0.717, 1.165) is 36.6 Å². The lowest BCUT2D eigenvalue weighted by molar-refractivity contribution is -0.0349. The van der Waals surface area contributed by atoms with Crippen molar-refractivity contribution in [3.8, 4) is 11.3 Å². The molecule has 0 radical (unpaired) electrons. The van der Waals surface area contributed by atoms with Crippen LogP contribution < -0.4 is 5.73 Å². The maximum Gasteiger partial charge on any atom is 0.248 e. The van der Waals surface area contributed by atoms with Crippen LogP contribution in [-0.2, 0) is 11.3 Å². The molecule has 1 atom stereocenters. The second-order valence-corrected chi connectivity index (χ2v) is 6.85. The first-order valence-corrected chi connectivity index (χ1v) is 9.29. The van der Waals surface area contributed by atoms with Gasteiger partial charge in [-0.1, -0.05) is 24.3 Å². The maximum absolute atomic E-state index is 11.3. The van der Waals surface area contributed by atoms with Gasteiger partial charge in [-0.05, 0) is 35.9 Å². The van der Waals surface area contributed by atoms with Crippen LogP contribution in [0.5, 0.6) is 0 Å². The van der Waals surface area contributed by atoms with Crippen molar-refractivity contribution in [1.82, 2.24) is 14.9 Å². The number of aromatic nitrogens is 2. The van der Waals surface area contributed by atoms with E-state index >= 15 is 0 Å². The third-order valence-corrected chi connectivity index (χ3v) is 4.85. The largest absolute Gasteiger partial charge is 0.369 e. The Morgan fingerprint density at radius 3 is 2.75 bits per heavy atom. The number of rotatable bonds is 5. The van der Waals surface area contributed by atoms with E-state index in [1.807, 2.05) is 42.6 Å². The molecule has 1 unspecified atom stereocenters. The number of ether oxygens (including phenoxy) is 1. The van der Waals surface area contributed by atoms with E-state index in [1.165, 1.54) is 5.56 Å². The van der Waals surface area contributed by atoms with Crippen LogP contribution in [0.25, 0.3) is 11.3 Å². The third kappa shape index (κ3) is 4.24. The third-order valence-electron chi connectivity index (χ3n) is 4.85. The first-order valence-electron chi connectivity index (χ1n) is 9.29. The van der Waals surface area contributed by atoms with Crippen LogP contribution in [-0.4, -0.2) is 40.5 Å². The zero-order chi connectivity index (χ0) is 19.3. The Bertz CT molecular complexity index is 944. The highest BCUT2D eigenvalue weighted by atomic mass is 16.5. The molecular formula is C22H22N4O2. The molecule has 1 amide bonds. The first-order chi connectivity index (χ1) is 13.7. The minimum absolute atomic E-state index is 0.0738. The molecular weight excluding hydrogens is 352 g/mol. The topological polar surface area (TPSA) is 81.3 Å². The Hall–Kier alpha value is -3.09. The number of hydrogen-bond acceptors (Lipinski definition) is 5. The van der Waals surface area contributed by atoms with Crippen LogP contribution in [0.4, 0.5) is 0 Å². The fraction of sp³-hybridized carbons (Fsp3) is 0.227. The van der Waals surface area contributed by atoms with Crippen LogP contribution in [0, 0.1) is 0 Å². The summed E-state index contributed by atoms with van der Waals surface area (Å²) < 4.78 is 5.99. The second-order valence-electron chi connectivity index (χ2n) is 6.85. The molecule has 4 rings (SSSR count). The molecule has 28 heavy (non-hydrogen) atoms. The number of nitrogens with zero attached hydrogens (tertiary/aromatic N) is 3. The van der Waals surface area contributed by atoms with Gasteiger partial charge in [-0.25, -0.2) is 0 Å². The fourth-order valence-electron chi connectivity index (χ4n) is 3.37. The predicted octanol–water partition coefficient (Wildman–Crippen LogP) is 2.82. The lowest BCUT2D eigenvalue weighted by Crippen LogP contribution is -2.38. The molecule has 1 aromatic carbocycles. The Morgan fingerprint density at radius 2 is 2.00 bits per heavy atom. The Kier molecular flexibility index (Phi) is 5.41. The van der Waals surface area contributed by atoms with Gasteiger partial charge in [-0.3, -0.25) is 19.7 Å². The van der Waals surface area contributed by atoms with Gasteiger partial charge in [0.15, 0.2) is 0 Å². The van der Waals surface area contributed by atoms with E-state index in [2.05, 4.69) is 16.0 Å². The van der Waals surface area contributed by atoms with E-state index in [-0.39, 0.29) is 6.10 Å². The molecule has 2 N–H and O–H groups in total. The lowest BCUT2D eigenvalue weighted by Gasteiger charge is -2.32. The number of morpholine rings is 1. The number of nitrogens with two attached hydrogens (primary N) is 1. The van der Waals surface area contributed by atoms with Gasteiger partial charge in [0.25, 0.3) is 0 Å². The van der Waals surface area contributed by atoms with Crippen LogP contribution in [0.3, 0.4) is 0 Å². The van der Waals surface area contributed by atoms with Gasteiger partial charge in [-0.2, -0.15) is 0 Å². The quantitative estimate of drug-likeness (QED) is 0.743. The van der Waals surface area contributed by atoms with Crippen molar-refractivity contribution in [2.24, 2.45) is 5.73 Å². The highest BCUT2D eigenvalue weighted by Gasteiger charge is 2.23. The number of amides is 1. The summed E-state index contributed by atoms with van der Waals surface area (Å²) in [7, 11) is 0. The van der Waals surface area contributed by atoms with Crippen molar-refractivity contribution in [2.45, 2.75) is 12.6 Å². The Labute approximate surface area is 164 Å². The van der Waals surface area contributed by atoms with Gasteiger partial charge in [0.1, 0.15) is 6.10 Å². The van der Waals surface area contributed by atoms with Crippen molar-refractivity contribution in [3.63, 3.8) is 0 Å². The molecule has 0 bridgehead atoms. The van der Waals surface area contributed by atoms with Crippen molar-refractivity contribution in [3.05, 3.63) is 83.8 Å². The van der Waals surface area contributed by atoms with Gasteiger partial charge in [-0.15, -0.1) is 0 Å². The number of benzene rings is 1. The molecule has 6 nitrogen and oxygen atoms in total. The molecule has 1 aliphatic heterocycles. The van der Waals surface area contributed by atoms with Crippen molar-refractivity contribution in [1.29, 1.82) is 0 Å². The Morgan fingerprint density at radius 1 is 1.14 bits per heavy atom. The normalized spacial score (nSPS) is 17.4. The van der Waals surface area contributed by atoms with E-state index in [0.29, 0.717) is 12.2 Å². The average Bonchev–Trinajstić information content (AvgIpc) is 2.75. The zero-order valence-corrected chi connectivity index (χ0v) is 15.5. The van der Waals surface area contributed by atoms with Crippen LogP contribution >= 0.6 is 0 Å². The summed E-state index contributed by atoms with van der Waals surface area (Å²) in [4.78, 5) is 22.6. The molecule has 0 spiro atoms. The SMILES string of the molecule is NC(=O)c1ccc(-c2cccc(C3CN(Cc4cccnc4)CCO3)n2)cc1. The van der Waals surface area contributed by atoms with E-state index < -0.39 is 5.91 Å². The molecule has 0 saturated carbocycles. The highest BCUT2D eigenvalue weighted by molar-refractivity contribution is 5.93. The van der Waals surface area contributed by atoms with Crippen LogP contribution in [0.15, 0.2) is 67.0 Å². The summed E-state index contributed by atoms with van der Waals surface area (Å²) in [6, 6.07) is 17.2. The minimum atomic E-state index is -0.433. The minimum Gasteiger partial charge on any atom is -0.369 e. The first kappa shape index (κ1) is 18.3. The van der Waals surface area contributed by atoms with Gasteiger partial charge in [0.05, 0.1) is 18.0 Å². The van der Waals surface area contributed by atoms with Gasteiger partial charge < -0.3 is 10.5 Å². The summed E-state index contributed by atoms with van der Waals surface area (Å²) in [5, 5.41) is 0. The zero-order valence-electron chi connectivity index (χ0n) is 15.5. The van der Waals surface area contributed by atoms with Gasteiger partial charge >= 0.3 is 0 Å². The number of primary amides is 1. The number of pyridine rings is 2. The highest BCUT2D eigenvalue weighted by Crippen LogP contribution is 2.25. The predicted molar refractivity (Wildman–Crippen MR) is 106 cm³/mol. The van der Waals surface area contributed by atoms with Crippen LogP contribution in [0.2, 0.25) is 0 Å². The molecule has 1 aliphatic rings. The summed E-state index contributed by atoms with van der Waals surface area (Å²) in [5.74, 6) is -0.433. The van der Waals surface area contributed by atoms with E-state index in [9.17, 15) is 4.79 Å². The molecule has 142 valence electrons. The fourth-order valence-corrected chi connectivity index (χ4v) is 3.37. The van der Waals surface area contributed by atoms with E-state index in [4.69, 9.17) is 15.5 Å². The summed E-state index contributed by atoms with van der Waals surface area (Å²) in [5.41, 5.74) is 9.69. The molecule has 1 fully saturated rings. The monoisotopic (exact) mass is 374 g/mol. The number of carbonyl (C=O) groups is 1. The average molecular weight is 374 g/mol. The smallest absolute Gasteiger partial charge is 0.248 e. The van der Waals surface area contributed by atoms with Crippen molar-refractivity contribution >= 4 is 5.91 Å². The maximum atomic E-state index is 11.3. The molecule has 3 aromatic rings. The molecule has 1 saturated heterocycles. The standard InChI is InChI=1S/C22H22N4O2/c23-22(27)18-8-6-17(7-9-18)19-4-1-5-20(25-19)21-15-26(11-12-28-21)14-16-3-2-10-24-13-16/h1-10,13,21H,11-12,14-15H2,(H2,23,27). The van der Waals surface area contributed by atoms with Gasteiger partial charge in [0, 0.05) is 43.2 Å². The molecule has 0 aliphatic carbocycles. The summed E-state index contributed by atoms with van der Waals surface area (Å²) in [6.45, 7) is 3.19. The molecule has 6 heteroatoms. The molecule has 3 heterocycles. The van der Waals surface area contributed by atoms with Crippen LogP contribution in [0.1, 0.15) is 27.7 Å². The van der Waals surface area contributed by atoms with Crippen molar-refractivity contribution in [2.75, 3.05) is 19.7 Å². The lowest BCUT2D eigenvalue weighted by atomic mass is 10.1. The number of hydrogen-bond donors (Lipinski definition) is 1. The Balaban J connectivity index is 1.49. The second kappa shape index (κ2) is 8.29. The summed E-state index contributed by atoms with van der Waals surface area (Å²) in [6.07, 6.45) is 3.62. The van der Waals surface area contributed by atoms with Crippen molar-refractivity contribution < 1.29 is 9.53 Å². The molecule has 2 aromatic heterocycles. The van der Waals surface area contributed by atoms with Gasteiger partial charge in [0.2, 0.25) is 5.91 Å². The number of carbonyl (C=O) groups excluding carboxylic acids is 1. The summed E-state index contributed by atoms with van der Waals surface area (Å²) >= 11 is 0.